The summed E-state index contributed by atoms with van der Waals surface area (Å²) in [6.07, 6.45) is 1.62. The molecule has 0 amide bonds. The lowest BCUT2D eigenvalue weighted by molar-refractivity contribution is 0.314. The third kappa shape index (κ3) is 4.79. The molecule has 0 aliphatic carbocycles. The van der Waals surface area contributed by atoms with Crippen molar-refractivity contribution in [1.29, 1.82) is 0 Å². The lowest BCUT2D eigenvalue weighted by Gasteiger charge is -2.21. The lowest BCUT2D eigenvalue weighted by atomic mass is 10.1. The van der Waals surface area contributed by atoms with Crippen LogP contribution in [0, 0.1) is 0 Å². The SMILES string of the molecule is CCCN=C(N)Cc1ccc(Cl)c(Cl)c1.COc1c2cccc1O2. The quantitative estimate of drug-likeness (QED) is 0.504. The zero-order valence-corrected chi connectivity index (χ0v) is 15.2. The van der Waals surface area contributed by atoms with Gasteiger partial charge in [-0.1, -0.05) is 42.3 Å². The van der Waals surface area contributed by atoms with E-state index in [0.717, 1.165) is 35.8 Å². The van der Waals surface area contributed by atoms with Gasteiger partial charge in [0, 0.05) is 13.0 Å². The molecule has 0 saturated carbocycles. The molecule has 0 aromatic heterocycles. The van der Waals surface area contributed by atoms with Crippen LogP contribution in [0.15, 0.2) is 41.4 Å². The topological polar surface area (TPSA) is 56.8 Å². The second-order valence-corrected chi connectivity index (χ2v) is 6.00. The maximum absolute atomic E-state index is 5.89. The molecule has 2 aliphatic heterocycles. The summed E-state index contributed by atoms with van der Waals surface area (Å²) in [5.41, 5.74) is 6.78. The number of halogens is 2. The van der Waals surface area contributed by atoms with E-state index in [-0.39, 0.29) is 0 Å². The summed E-state index contributed by atoms with van der Waals surface area (Å²) in [5.74, 6) is 3.19. The highest BCUT2D eigenvalue weighted by Crippen LogP contribution is 2.48. The van der Waals surface area contributed by atoms with Crippen LogP contribution in [0.2, 0.25) is 10.0 Å². The molecule has 0 radical (unpaired) electrons. The molecule has 2 heterocycles. The molecular formula is C18H20Cl2N2O2. The number of ether oxygens (including phenoxy) is 2. The second kappa shape index (κ2) is 8.81. The van der Waals surface area contributed by atoms with E-state index in [1.54, 1.807) is 13.2 Å². The number of rotatable bonds is 5. The number of methoxy groups -OCH3 is 1. The molecule has 6 heteroatoms. The van der Waals surface area contributed by atoms with Crippen LogP contribution in [0.5, 0.6) is 17.2 Å². The van der Waals surface area contributed by atoms with Crippen molar-refractivity contribution in [2.75, 3.05) is 13.7 Å². The van der Waals surface area contributed by atoms with Crippen molar-refractivity contribution < 1.29 is 9.47 Å². The molecule has 0 atom stereocenters. The molecule has 2 bridgehead atoms. The van der Waals surface area contributed by atoms with Gasteiger partial charge < -0.3 is 15.2 Å². The number of nitrogens with two attached hydrogens (primary N) is 1. The number of hydrogen-bond acceptors (Lipinski definition) is 3. The number of aliphatic imine (C=N–C) groups is 1. The van der Waals surface area contributed by atoms with E-state index in [2.05, 4.69) is 11.9 Å². The van der Waals surface area contributed by atoms with Crippen molar-refractivity contribution in [2.45, 2.75) is 19.8 Å². The van der Waals surface area contributed by atoms with Crippen LogP contribution in [0.3, 0.4) is 0 Å². The van der Waals surface area contributed by atoms with Gasteiger partial charge in [0.1, 0.15) is 0 Å². The van der Waals surface area contributed by atoms with Gasteiger partial charge in [0.2, 0.25) is 5.75 Å². The molecule has 0 fully saturated rings. The minimum Gasteiger partial charge on any atom is -0.490 e. The van der Waals surface area contributed by atoms with Gasteiger partial charge in [0.25, 0.3) is 0 Å². The van der Waals surface area contributed by atoms with E-state index >= 15 is 0 Å². The minimum atomic E-state index is 0.553. The Morgan fingerprint density at radius 2 is 1.88 bits per heavy atom. The largest absolute Gasteiger partial charge is 0.490 e. The Morgan fingerprint density at radius 1 is 1.17 bits per heavy atom. The third-order valence-electron chi connectivity index (χ3n) is 3.27. The monoisotopic (exact) mass is 366 g/mol. The molecule has 2 N–H and O–H groups in total. The van der Waals surface area contributed by atoms with E-state index in [0.29, 0.717) is 22.3 Å². The first-order chi connectivity index (χ1) is 11.5. The third-order valence-corrected chi connectivity index (χ3v) is 4.01. The van der Waals surface area contributed by atoms with Gasteiger partial charge in [-0.2, -0.15) is 0 Å². The average Bonchev–Trinajstić information content (AvgIpc) is 2.58. The Labute approximate surface area is 152 Å². The fourth-order valence-corrected chi connectivity index (χ4v) is 2.42. The fourth-order valence-electron chi connectivity index (χ4n) is 2.10. The Kier molecular flexibility index (Phi) is 6.76. The number of nitrogens with zero attached hydrogens (tertiary/aromatic N) is 1. The molecule has 2 aromatic rings. The zero-order valence-electron chi connectivity index (χ0n) is 13.7. The molecular weight excluding hydrogens is 347 g/mol. The van der Waals surface area contributed by atoms with E-state index in [4.69, 9.17) is 38.4 Å². The maximum atomic E-state index is 5.89. The van der Waals surface area contributed by atoms with Gasteiger partial charge in [-0.15, -0.1) is 0 Å². The summed E-state index contributed by atoms with van der Waals surface area (Å²) in [4.78, 5) is 4.21. The summed E-state index contributed by atoms with van der Waals surface area (Å²) in [6, 6.07) is 11.2. The number of hydrogen-bond donors (Lipinski definition) is 1. The molecule has 0 unspecified atom stereocenters. The number of amidine groups is 1. The summed E-state index contributed by atoms with van der Waals surface area (Å²) in [5, 5.41) is 1.11. The molecule has 2 aromatic carbocycles. The predicted molar refractivity (Wildman–Crippen MR) is 100 cm³/mol. The minimum absolute atomic E-state index is 0.553. The van der Waals surface area contributed by atoms with Crippen molar-refractivity contribution in [3.63, 3.8) is 0 Å². The Balaban J connectivity index is 0.000000194. The molecule has 24 heavy (non-hydrogen) atoms. The summed E-state index contributed by atoms with van der Waals surface area (Å²) < 4.78 is 10.1. The first-order valence-corrected chi connectivity index (χ1v) is 8.38. The number of para-hydroxylation sites is 1. The fraction of sp³-hybridized carbons (Fsp3) is 0.278. The van der Waals surface area contributed by atoms with Crippen molar-refractivity contribution in [1.82, 2.24) is 0 Å². The summed E-state index contributed by atoms with van der Waals surface area (Å²) in [7, 11) is 1.64. The normalized spacial score (nSPS) is 11.8. The first-order valence-electron chi connectivity index (χ1n) is 7.62. The second-order valence-electron chi connectivity index (χ2n) is 5.19. The molecule has 0 saturated heterocycles. The van der Waals surface area contributed by atoms with E-state index in [1.807, 2.05) is 30.3 Å². The highest BCUT2D eigenvalue weighted by atomic mass is 35.5. The predicted octanol–water partition coefficient (Wildman–Crippen LogP) is 5.10. The van der Waals surface area contributed by atoms with Crippen LogP contribution in [-0.4, -0.2) is 19.5 Å². The summed E-state index contributed by atoms with van der Waals surface area (Å²) >= 11 is 11.7. The van der Waals surface area contributed by atoms with E-state index in [1.165, 1.54) is 0 Å². The van der Waals surface area contributed by atoms with Crippen molar-refractivity contribution in [2.24, 2.45) is 10.7 Å². The highest BCUT2D eigenvalue weighted by Gasteiger charge is 2.21. The lowest BCUT2D eigenvalue weighted by Crippen LogP contribution is -2.15. The van der Waals surface area contributed by atoms with Gasteiger partial charge in [-0.05, 0) is 36.2 Å². The molecule has 4 rings (SSSR count). The maximum Gasteiger partial charge on any atom is 0.204 e. The van der Waals surface area contributed by atoms with Gasteiger partial charge in [-0.25, -0.2) is 0 Å². The van der Waals surface area contributed by atoms with Crippen LogP contribution in [0.25, 0.3) is 0 Å². The van der Waals surface area contributed by atoms with Gasteiger partial charge >= 0.3 is 0 Å². The van der Waals surface area contributed by atoms with Crippen molar-refractivity contribution in [3.8, 4) is 17.2 Å². The first kappa shape index (κ1) is 18.4. The van der Waals surface area contributed by atoms with Crippen molar-refractivity contribution in [3.05, 3.63) is 52.0 Å². The number of benzene rings is 2. The van der Waals surface area contributed by atoms with Gasteiger partial charge in [0.05, 0.1) is 23.0 Å². The Bertz CT molecular complexity index is 713. The van der Waals surface area contributed by atoms with E-state index in [9.17, 15) is 0 Å². The molecule has 2 aliphatic rings. The van der Waals surface area contributed by atoms with Crippen LogP contribution in [0.4, 0.5) is 0 Å². The Morgan fingerprint density at radius 3 is 2.38 bits per heavy atom. The average molecular weight is 367 g/mol. The van der Waals surface area contributed by atoms with Gasteiger partial charge in [0.15, 0.2) is 11.5 Å². The van der Waals surface area contributed by atoms with Crippen LogP contribution < -0.4 is 15.2 Å². The zero-order chi connectivity index (χ0) is 17.5. The van der Waals surface area contributed by atoms with Gasteiger partial charge in [-0.3, -0.25) is 4.99 Å². The Hall–Kier alpha value is -1.91. The number of fused-ring (bicyclic) bond motifs is 2. The highest BCUT2D eigenvalue weighted by molar-refractivity contribution is 6.42. The summed E-state index contributed by atoms with van der Waals surface area (Å²) in [6.45, 7) is 2.84. The molecule has 128 valence electrons. The molecule has 4 nitrogen and oxygen atoms in total. The van der Waals surface area contributed by atoms with Crippen molar-refractivity contribution >= 4 is 29.0 Å². The van der Waals surface area contributed by atoms with Crippen LogP contribution in [0.1, 0.15) is 18.9 Å². The van der Waals surface area contributed by atoms with Crippen LogP contribution >= 0.6 is 23.2 Å². The van der Waals surface area contributed by atoms with E-state index < -0.39 is 0 Å². The van der Waals surface area contributed by atoms with Crippen LogP contribution in [-0.2, 0) is 6.42 Å². The smallest absolute Gasteiger partial charge is 0.204 e. The standard InChI is InChI=1S/C11H14Cl2N2.C7H6O2/c1-2-5-15-11(14)7-8-3-4-9(12)10(13)6-8;1-8-7-5-3-2-4-6(7)9-5/h3-4,6H,2,5,7H2,1H3,(H2,14,15);2-4H,1H3. The molecule has 0 spiro atoms.